The molecule has 0 saturated heterocycles. The van der Waals surface area contributed by atoms with Gasteiger partial charge in [0.25, 0.3) is 6.47 Å². The summed E-state index contributed by atoms with van der Waals surface area (Å²) in [5, 5.41) is 3.63. The summed E-state index contributed by atoms with van der Waals surface area (Å²) in [6.45, 7) is 6.29. The minimum absolute atomic E-state index is 0.171. The Labute approximate surface area is 148 Å². The lowest BCUT2D eigenvalue weighted by molar-refractivity contribution is -0.138. The van der Waals surface area contributed by atoms with Crippen LogP contribution in [0.2, 0.25) is 5.15 Å². The van der Waals surface area contributed by atoms with Crippen molar-refractivity contribution in [3.8, 4) is 0 Å². The molecule has 0 saturated carbocycles. The molecule has 0 spiro atoms. The first-order chi connectivity index (χ1) is 11.2. The van der Waals surface area contributed by atoms with Crippen LogP contribution in [-0.2, 0) is 16.1 Å². The van der Waals surface area contributed by atoms with Crippen LogP contribution in [0, 0.1) is 5.82 Å². The normalized spacial score (nSPS) is 10.4. The predicted octanol–water partition coefficient (Wildman–Crippen LogP) is 3.71. The van der Waals surface area contributed by atoms with Gasteiger partial charge in [-0.25, -0.2) is 9.37 Å². The number of ether oxygens (including phenoxy) is 1. The molecule has 1 N–H and O–H groups in total. The van der Waals surface area contributed by atoms with Crippen molar-refractivity contribution in [2.45, 2.75) is 32.9 Å². The third-order valence-corrected chi connectivity index (χ3v) is 3.66. The highest BCUT2D eigenvalue weighted by Gasteiger charge is 2.08. The van der Waals surface area contributed by atoms with Crippen molar-refractivity contribution in [3.05, 3.63) is 39.9 Å². The van der Waals surface area contributed by atoms with Crippen molar-refractivity contribution < 1.29 is 18.7 Å². The number of hydrogen-bond donors (Lipinski definition) is 1. The van der Waals surface area contributed by atoms with Gasteiger partial charge in [0.2, 0.25) is 0 Å². The van der Waals surface area contributed by atoms with E-state index in [1.165, 1.54) is 6.07 Å². The van der Waals surface area contributed by atoms with Gasteiger partial charge >= 0.3 is 0 Å². The van der Waals surface area contributed by atoms with E-state index < -0.39 is 5.82 Å². The lowest BCUT2D eigenvalue weighted by atomic mass is 10.2. The quantitative estimate of drug-likeness (QED) is 0.804. The van der Waals surface area contributed by atoms with Crippen LogP contribution in [0.4, 0.5) is 9.52 Å². The molecular weight excluding hydrogens is 357 g/mol. The maximum Gasteiger partial charge on any atom is 0.293 e. The fourth-order valence-electron chi connectivity index (χ4n) is 1.34. The summed E-state index contributed by atoms with van der Waals surface area (Å²) in [7, 11) is 0. The van der Waals surface area contributed by atoms with Crippen LogP contribution >= 0.6 is 22.9 Å². The van der Waals surface area contributed by atoms with Crippen LogP contribution in [0.3, 0.4) is 0 Å². The molecule has 0 amide bonds. The molecule has 0 fully saturated rings. The highest BCUT2D eigenvalue weighted by atomic mass is 35.5. The molecule has 24 heavy (non-hydrogen) atoms. The first-order valence-corrected chi connectivity index (χ1v) is 8.01. The minimum Gasteiger partial charge on any atom is -0.462 e. The molecular formula is C15H17ClFN3O3S. The van der Waals surface area contributed by atoms with E-state index in [2.05, 4.69) is 20.0 Å². The van der Waals surface area contributed by atoms with Gasteiger partial charge in [-0.1, -0.05) is 22.9 Å². The summed E-state index contributed by atoms with van der Waals surface area (Å²) in [4.78, 5) is 28.2. The van der Waals surface area contributed by atoms with Crippen LogP contribution in [0.25, 0.3) is 0 Å². The minimum atomic E-state index is -0.393. The zero-order valence-electron chi connectivity index (χ0n) is 13.4. The van der Waals surface area contributed by atoms with E-state index in [9.17, 15) is 14.0 Å². The van der Waals surface area contributed by atoms with Gasteiger partial charge in [0.05, 0.1) is 6.20 Å². The van der Waals surface area contributed by atoms with Crippen molar-refractivity contribution >= 4 is 40.8 Å². The monoisotopic (exact) mass is 373 g/mol. The molecule has 0 unspecified atom stereocenters. The number of rotatable bonds is 5. The Morgan fingerprint density at radius 3 is 2.54 bits per heavy atom. The summed E-state index contributed by atoms with van der Waals surface area (Å²) in [5.74, 6) is -0.393. The van der Waals surface area contributed by atoms with Crippen LogP contribution in [-0.4, -0.2) is 28.3 Å². The second-order valence-corrected chi connectivity index (χ2v) is 6.87. The molecule has 2 aromatic rings. The van der Waals surface area contributed by atoms with Gasteiger partial charge < -0.3 is 10.1 Å². The fourth-order valence-corrected chi connectivity index (χ4v) is 2.30. The molecule has 130 valence electrons. The van der Waals surface area contributed by atoms with Gasteiger partial charge in [-0.15, -0.1) is 0 Å². The third kappa shape index (κ3) is 7.47. The topological polar surface area (TPSA) is 81.2 Å². The van der Waals surface area contributed by atoms with Gasteiger partial charge in [0.15, 0.2) is 16.6 Å². The van der Waals surface area contributed by atoms with E-state index in [1.807, 2.05) is 20.8 Å². The molecule has 0 aliphatic heterocycles. The van der Waals surface area contributed by atoms with Crippen LogP contribution in [0.5, 0.6) is 0 Å². The Kier molecular flexibility index (Phi) is 7.73. The number of carbonyl (C=O) groups excluding carboxylic acids is 2. The van der Waals surface area contributed by atoms with E-state index in [1.54, 1.807) is 6.20 Å². The van der Waals surface area contributed by atoms with E-state index in [4.69, 9.17) is 11.6 Å². The van der Waals surface area contributed by atoms with Gasteiger partial charge in [-0.2, -0.15) is 0 Å². The van der Waals surface area contributed by atoms with Crippen molar-refractivity contribution in [2.75, 3.05) is 5.32 Å². The molecule has 0 aliphatic carbocycles. The van der Waals surface area contributed by atoms with E-state index in [0.29, 0.717) is 34.9 Å². The molecule has 2 aromatic heterocycles. The number of anilines is 1. The summed E-state index contributed by atoms with van der Waals surface area (Å²) in [6.07, 6.45) is 3.33. The highest BCUT2D eigenvalue weighted by molar-refractivity contribution is 7.17. The number of aromatic nitrogens is 2. The van der Waals surface area contributed by atoms with E-state index >= 15 is 0 Å². The summed E-state index contributed by atoms with van der Waals surface area (Å²) in [6, 6.07) is 1.37. The van der Waals surface area contributed by atoms with E-state index in [0.717, 1.165) is 17.5 Å². The molecule has 0 radical (unpaired) electrons. The number of carbonyl (C=O) groups is 2. The molecule has 2 rings (SSSR count). The maximum absolute atomic E-state index is 12.8. The van der Waals surface area contributed by atoms with Crippen LogP contribution < -0.4 is 5.32 Å². The SMILES string of the molecule is CC(C)(C)OC=O.O=Cc1sc(NCc2cncc(F)c2)nc1Cl. The molecule has 0 atom stereocenters. The Hall–Kier alpha value is -2.06. The Balaban J connectivity index is 0.000000351. The largest absolute Gasteiger partial charge is 0.462 e. The van der Waals surface area contributed by atoms with Crippen molar-refractivity contribution in [3.63, 3.8) is 0 Å². The number of hydrogen-bond acceptors (Lipinski definition) is 7. The zero-order chi connectivity index (χ0) is 18.2. The van der Waals surface area contributed by atoms with Crippen molar-refractivity contribution in [2.24, 2.45) is 0 Å². The van der Waals surface area contributed by atoms with Crippen molar-refractivity contribution in [1.82, 2.24) is 9.97 Å². The molecule has 0 aliphatic rings. The maximum atomic E-state index is 12.8. The molecule has 6 nitrogen and oxygen atoms in total. The zero-order valence-corrected chi connectivity index (χ0v) is 14.9. The summed E-state index contributed by atoms with van der Waals surface area (Å²) < 4.78 is 17.4. The first kappa shape index (κ1) is 20.0. The standard InChI is InChI=1S/C10H7ClFN3OS.C5H10O2/c11-9-8(5-16)17-10(15-9)14-3-6-1-7(12)4-13-2-6;1-5(2,3)7-4-6/h1-2,4-5H,3H2,(H,14,15);4H,1-3H3. The fraction of sp³-hybridized carbons (Fsp3) is 0.333. The van der Waals surface area contributed by atoms with Crippen LogP contribution in [0.15, 0.2) is 18.5 Å². The molecule has 0 aromatic carbocycles. The third-order valence-electron chi connectivity index (χ3n) is 2.32. The average Bonchev–Trinajstić information content (AvgIpc) is 2.85. The second-order valence-electron chi connectivity index (χ2n) is 5.48. The van der Waals surface area contributed by atoms with Gasteiger partial charge in [0.1, 0.15) is 16.3 Å². The Morgan fingerprint density at radius 1 is 1.38 bits per heavy atom. The smallest absolute Gasteiger partial charge is 0.293 e. The number of halogens is 2. The molecule has 9 heteroatoms. The lowest BCUT2D eigenvalue weighted by Gasteiger charge is -2.14. The molecule has 0 bridgehead atoms. The number of nitrogens with zero attached hydrogens (tertiary/aromatic N) is 2. The van der Waals surface area contributed by atoms with Gasteiger partial charge in [0, 0.05) is 12.7 Å². The highest BCUT2D eigenvalue weighted by Crippen LogP contribution is 2.25. The first-order valence-electron chi connectivity index (χ1n) is 6.81. The number of aldehydes is 1. The average molecular weight is 374 g/mol. The number of thiazole rings is 1. The van der Waals surface area contributed by atoms with E-state index in [-0.39, 0.29) is 10.8 Å². The summed E-state index contributed by atoms with van der Waals surface area (Å²) in [5.41, 5.74) is 0.367. The summed E-state index contributed by atoms with van der Waals surface area (Å²) >= 11 is 6.85. The van der Waals surface area contributed by atoms with Crippen molar-refractivity contribution in [1.29, 1.82) is 0 Å². The Bertz CT molecular complexity index is 689. The number of pyridine rings is 1. The van der Waals surface area contributed by atoms with Gasteiger partial charge in [-0.05, 0) is 32.4 Å². The lowest BCUT2D eigenvalue weighted by Crippen LogP contribution is -2.17. The van der Waals surface area contributed by atoms with Crippen LogP contribution in [0.1, 0.15) is 36.0 Å². The second kappa shape index (κ2) is 9.29. The van der Waals surface area contributed by atoms with Gasteiger partial charge in [-0.3, -0.25) is 14.6 Å². The Morgan fingerprint density at radius 2 is 2.08 bits per heavy atom. The predicted molar refractivity (Wildman–Crippen MR) is 90.9 cm³/mol. The molecule has 2 heterocycles. The number of nitrogens with one attached hydrogen (secondary N) is 1.